The summed E-state index contributed by atoms with van der Waals surface area (Å²) in [6.45, 7) is 7.61. The first-order valence-corrected chi connectivity index (χ1v) is 10.2. The largest absolute Gasteiger partial charge is 0.384 e. The van der Waals surface area contributed by atoms with Crippen molar-refractivity contribution < 1.29 is 9.84 Å². The van der Waals surface area contributed by atoms with E-state index in [0.29, 0.717) is 5.69 Å². The van der Waals surface area contributed by atoms with Crippen LogP contribution in [0.1, 0.15) is 61.2 Å². The molecule has 0 unspecified atom stereocenters. The number of aliphatic hydroxyl groups is 1. The Bertz CT molecular complexity index is 1240. The van der Waals surface area contributed by atoms with Crippen molar-refractivity contribution in [1.82, 2.24) is 14.4 Å². The van der Waals surface area contributed by atoms with E-state index in [1.807, 2.05) is 25.1 Å². The van der Waals surface area contributed by atoms with Crippen LogP contribution in [0.15, 0.2) is 60.9 Å². The zero-order valence-corrected chi connectivity index (χ0v) is 17.6. The van der Waals surface area contributed by atoms with E-state index in [1.165, 1.54) is 11.1 Å². The van der Waals surface area contributed by atoms with Crippen molar-refractivity contribution in [1.29, 1.82) is 0 Å². The molecule has 0 saturated carbocycles. The van der Waals surface area contributed by atoms with Gasteiger partial charge in [-0.2, -0.15) is 0 Å². The molecule has 1 aliphatic heterocycles. The van der Waals surface area contributed by atoms with Crippen LogP contribution in [0, 0.1) is 6.92 Å². The Hall–Kier alpha value is -3.02. The highest BCUT2D eigenvalue weighted by Crippen LogP contribution is 2.43. The van der Waals surface area contributed by atoms with E-state index in [-0.39, 0.29) is 12.2 Å². The van der Waals surface area contributed by atoms with Crippen LogP contribution in [0.25, 0.3) is 16.8 Å². The van der Waals surface area contributed by atoms with Crippen molar-refractivity contribution in [2.24, 2.45) is 0 Å². The van der Waals surface area contributed by atoms with Gasteiger partial charge in [-0.15, -0.1) is 0 Å². The molecule has 0 radical (unpaired) electrons. The van der Waals surface area contributed by atoms with Crippen molar-refractivity contribution in [3.05, 3.63) is 89.1 Å². The Labute approximate surface area is 176 Å². The summed E-state index contributed by atoms with van der Waals surface area (Å²) in [5, 5.41) is 10.2. The third kappa shape index (κ3) is 3.02. The monoisotopic (exact) mass is 399 g/mol. The molecule has 3 aromatic heterocycles. The van der Waals surface area contributed by atoms with Crippen molar-refractivity contribution >= 4 is 5.65 Å². The summed E-state index contributed by atoms with van der Waals surface area (Å²) in [4.78, 5) is 9.22. The molecule has 1 N–H and O–H groups in total. The molecular formula is C25H25N3O2. The fourth-order valence-electron chi connectivity index (χ4n) is 4.28. The van der Waals surface area contributed by atoms with E-state index < -0.39 is 5.60 Å². The van der Waals surface area contributed by atoms with Gasteiger partial charge in [-0.1, -0.05) is 30.3 Å². The number of aromatic nitrogens is 3. The molecule has 0 fully saturated rings. The Morgan fingerprint density at radius 2 is 1.73 bits per heavy atom. The predicted octanol–water partition coefficient (Wildman–Crippen LogP) is 5.11. The van der Waals surface area contributed by atoms with Crippen LogP contribution in [-0.2, 0) is 10.3 Å². The lowest BCUT2D eigenvalue weighted by Gasteiger charge is -2.17. The van der Waals surface area contributed by atoms with Crippen LogP contribution in [0.4, 0.5) is 0 Å². The number of benzene rings is 1. The highest BCUT2D eigenvalue weighted by molar-refractivity contribution is 5.64. The Morgan fingerprint density at radius 1 is 1.00 bits per heavy atom. The highest BCUT2D eigenvalue weighted by atomic mass is 16.5. The van der Waals surface area contributed by atoms with Crippen LogP contribution >= 0.6 is 0 Å². The normalized spacial score (nSPS) is 18.7. The van der Waals surface area contributed by atoms with Gasteiger partial charge in [-0.3, -0.25) is 4.98 Å². The fraction of sp³-hybridized carbons (Fsp3) is 0.280. The van der Waals surface area contributed by atoms with Gasteiger partial charge in [0.05, 0.1) is 23.2 Å². The molecule has 5 rings (SSSR count). The number of imidazole rings is 1. The van der Waals surface area contributed by atoms with Gasteiger partial charge in [0, 0.05) is 23.5 Å². The van der Waals surface area contributed by atoms with E-state index >= 15 is 0 Å². The second-order valence-corrected chi connectivity index (χ2v) is 8.51. The Balaban J connectivity index is 1.61. The summed E-state index contributed by atoms with van der Waals surface area (Å²) >= 11 is 0. The van der Waals surface area contributed by atoms with E-state index in [0.717, 1.165) is 28.2 Å². The lowest BCUT2D eigenvalue weighted by molar-refractivity contribution is 0.0424. The van der Waals surface area contributed by atoms with Gasteiger partial charge in [0.25, 0.3) is 0 Å². The van der Waals surface area contributed by atoms with Crippen LogP contribution in [-0.4, -0.2) is 19.5 Å². The number of ether oxygens (including phenoxy) is 1. The van der Waals surface area contributed by atoms with Crippen LogP contribution in [0.5, 0.6) is 0 Å². The summed E-state index contributed by atoms with van der Waals surface area (Å²) in [6.07, 6.45) is 3.82. The SMILES string of the molecule is Cc1nc2ccc(-c3ccc(C(C)(C)O)nc3)cn2c1[C@H]1O[C@@H](C)c2ccccc21. The molecule has 152 valence electrons. The number of pyridine rings is 2. The van der Waals surface area contributed by atoms with Gasteiger partial charge < -0.3 is 14.2 Å². The topological polar surface area (TPSA) is 59.7 Å². The van der Waals surface area contributed by atoms with Gasteiger partial charge in [0.1, 0.15) is 17.4 Å². The number of aryl methyl sites for hydroxylation is 1. The summed E-state index contributed by atoms with van der Waals surface area (Å²) < 4.78 is 8.50. The van der Waals surface area contributed by atoms with Crippen LogP contribution in [0.2, 0.25) is 0 Å². The molecule has 4 heterocycles. The molecule has 0 amide bonds. The molecule has 30 heavy (non-hydrogen) atoms. The van der Waals surface area contributed by atoms with E-state index in [1.54, 1.807) is 20.0 Å². The first kappa shape index (κ1) is 19.0. The molecule has 0 spiro atoms. The van der Waals surface area contributed by atoms with Crippen molar-refractivity contribution in [3.63, 3.8) is 0 Å². The lowest BCUT2D eigenvalue weighted by atomic mass is 10.00. The molecule has 1 aromatic carbocycles. The molecule has 1 aliphatic rings. The summed E-state index contributed by atoms with van der Waals surface area (Å²) in [6, 6.07) is 16.4. The minimum absolute atomic E-state index is 0.0536. The molecule has 5 heteroatoms. The molecule has 5 nitrogen and oxygen atoms in total. The third-order valence-corrected chi connectivity index (χ3v) is 5.87. The Kier molecular flexibility index (Phi) is 4.27. The number of fused-ring (bicyclic) bond motifs is 2. The quantitative estimate of drug-likeness (QED) is 0.520. The first-order valence-electron chi connectivity index (χ1n) is 10.2. The second kappa shape index (κ2) is 6.76. The average molecular weight is 399 g/mol. The standard InChI is InChI=1S/C25H25N3O2/c1-15-23(24-20-8-6-5-7-19(20)16(2)30-24)28-14-18(10-12-22(28)27-15)17-9-11-21(26-13-17)25(3,4)29/h5-14,16,24,29H,1-4H3/t16-,24-/m0/s1. The summed E-state index contributed by atoms with van der Waals surface area (Å²) in [5.41, 5.74) is 7.08. The lowest BCUT2D eigenvalue weighted by Crippen LogP contribution is -2.17. The Morgan fingerprint density at radius 3 is 2.43 bits per heavy atom. The number of hydrogen-bond donors (Lipinski definition) is 1. The van der Waals surface area contributed by atoms with Gasteiger partial charge in [-0.05, 0) is 57.0 Å². The summed E-state index contributed by atoms with van der Waals surface area (Å²) in [5.74, 6) is 0. The van der Waals surface area contributed by atoms with Crippen molar-refractivity contribution in [2.45, 2.75) is 45.5 Å². The zero-order valence-electron chi connectivity index (χ0n) is 17.6. The molecule has 0 bridgehead atoms. The van der Waals surface area contributed by atoms with E-state index in [9.17, 15) is 5.11 Å². The molecule has 2 atom stereocenters. The molecule has 4 aromatic rings. The molecular weight excluding hydrogens is 374 g/mol. The van der Waals surface area contributed by atoms with Gasteiger partial charge in [0.2, 0.25) is 0 Å². The molecule has 0 aliphatic carbocycles. The minimum atomic E-state index is -0.957. The van der Waals surface area contributed by atoms with Gasteiger partial charge >= 0.3 is 0 Å². The smallest absolute Gasteiger partial charge is 0.137 e. The van der Waals surface area contributed by atoms with E-state index in [4.69, 9.17) is 9.72 Å². The third-order valence-electron chi connectivity index (χ3n) is 5.87. The first-order chi connectivity index (χ1) is 14.3. The number of nitrogens with zero attached hydrogens (tertiary/aromatic N) is 3. The van der Waals surface area contributed by atoms with Gasteiger partial charge in [0.15, 0.2) is 0 Å². The average Bonchev–Trinajstić information content (AvgIpc) is 3.23. The van der Waals surface area contributed by atoms with Crippen LogP contribution < -0.4 is 0 Å². The maximum Gasteiger partial charge on any atom is 0.137 e. The second-order valence-electron chi connectivity index (χ2n) is 8.51. The maximum absolute atomic E-state index is 10.2. The van der Waals surface area contributed by atoms with Crippen molar-refractivity contribution in [3.8, 4) is 11.1 Å². The maximum atomic E-state index is 10.2. The predicted molar refractivity (Wildman–Crippen MR) is 116 cm³/mol. The molecule has 0 saturated heterocycles. The van der Waals surface area contributed by atoms with Crippen molar-refractivity contribution in [2.75, 3.05) is 0 Å². The number of rotatable bonds is 3. The van der Waals surface area contributed by atoms with E-state index in [2.05, 4.69) is 52.8 Å². The minimum Gasteiger partial charge on any atom is -0.384 e. The fourth-order valence-corrected chi connectivity index (χ4v) is 4.28. The highest BCUT2D eigenvalue weighted by Gasteiger charge is 2.33. The van der Waals surface area contributed by atoms with Gasteiger partial charge in [-0.25, -0.2) is 4.98 Å². The zero-order chi connectivity index (χ0) is 21.0. The van der Waals surface area contributed by atoms with Crippen LogP contribution in [0.3, 0.4) is 0 Å². The number of hydrogen-bond acceptors (Lipinski definition) is 4. The summed E-state index contributed by atoms with van der Waals surface area (Å²) in [7, 11) is 0.